The number of carbonyl (C=O) groups excluding carboxylic acids is 4. The van der Waals surface area contributed by atoms with Gasteiger partial charge in [0.05, 0.1) is 0 Å². The number of nitrogens with one attached hydrogen (secondary N) is 5. The van der Waals surface area contributed by atoms with Gasteiger partial charge in [-0.2, -0.15) is 18.4 Å². The van der Waals surface area contributed by atoms with Crippen LogP contribution in [0.25, 0.3) is 22.5 Å². The Balaban J connectivity index is 1.28. The van der Waals surface area contributed by atoms with Gasteiger partial charge in [-0.3, -0.25) is 14.4 Å². The fourth-order valence-electron chi connectivity index (χ4n) is 6.93. The summed E-state index contributed by atoms with van der Waals surface area (Å²) < 4.78 is 48.4. The maximum Gasteiger partial charge on any atom is 0.433 e. The molecule has 0 saturated heterocycles. The van der Waals surface area contributed by atoms with Crippen molar-refractivity contribution in [1.29, 1.82) is 0 Å². The number of likely N-dealkylation sites (N-methyl/N-ethyl adjacent to an activating group) is 1. The molecule has 5 N–H and O–H groups in total. The summed E-state index contributed by atoms with van der Waals surface area (Å²) in [6, 6.07) is 14.4. The fourth-order valence-corrected chi connectivity index (χ4v) is 6.93. The Bertz CT molecular complexity index is 2040. The van der Waals surface area contributed by atoms with E-state index >= 15 is 0 Å². The molecule has 2 aromatic carbocycles. The molecule has 0 bridgehead atoms. The first kappa shape index (κ1) is 45.2. The summed E-state index contributed by atoms with van der Waals surface area (Å²) in [5, 5.41) is 25.1. The topological polar surface area (TPSA) is 196 Å². The van der Waals surface area contributed by atoms with Crippen molar-refractivity contribution in [2.24, 2.45) is 11.8 Å². The summed E-state index contributed by atoms with van der Waals surface area (Å²) in [4.78, 5) is 58.2. The number of rotatable bonds is 16. The molecule has 15 nitrogen and oxygen atoms in total. The Kier molecular flexibility index (Phi) is 15.3. The smallest absolute Gasteiger partial charge is 0.433 e. The molecule has 0 aliphatic heterocycles. The van der Waals surface area contributed by atoms with Gasteiger partial charge < -0.3 is 30.9 Å². The zero-order valence-electron chi connectivity index (χ0n) is 34.5. The van der Waals surface area contributed by atoms with Crippen molar-refractivity contribution in [1.82, 2.24) is 46.5 Å². The number of pyridine rings is 1. The molecule has 1 aliphatic carbocycles. The number of tetrazole rings is 1. The zero-order chi connectivity index (χ0) is 43.5. The van der Waals surface area contributed by atoms with E-state index in [4.69, 9.17) is 4.74 Å². The van der Waals surface area contributed by atoms with E-state index in [1.807, 2.05) is 13.8 Å². The highest BCUT2D eigenvalue weighted by Crippen LogP contribution is 2.36. The number of halogens is 3. The van der Waals surface area contributed by atoms with Crippen LogP contribution in [0.1, 0.15) is 82.0 Å². The Morgan fingerprint density at radius 3 is 2.15 bits per heavy atom. The van der Waals surface area contributed by atoms with Crippen LogP contribution in [0, 0.1) is 11.8 Å². The first-order chi connectivity index (χ1) is 28.5. The molecule has 1 aliphatic rings. The van der Waals surface area contributed by atoms with Gasteiger partial charge in [-0.05, 0) is 118 Å². The molecule has 2 aromatic heterocycles. The number of benzene rings is 2. The predicted molar refractivity (Wildman–Crippen MR) is 218 cm³/mol. The number of hydrogen-bond donors (Lipinski definition) is 5. The third-order valence-corrected chi connectivity index (χ3v) is 10.2. The first-order valence-corrected chi connectivity index (χ1v) is 20.1. The van der Waals surface area contributed by atoms with E-state index in [1.54, 1.807) is 57.2 Å². The van der Waals surface area contributed by atoms with E-state index < -0.39 is 41.4 Å². The number of nitrogens with zero attached hydrogens (tertiary/aromatic N) is 5. The summed E-state index contributed by atoms with van der Waals surface area (Å²) in [5.41, 5.74) is -0.470. The van der Waals surface area contributed by atoms with Crippen molar-refractivity contribution in [3.63, 3.8) is 0 Å². The molecule has 60 heavy (non-hydrogen) atoms. The van der Waals surface area contributed by atoms with Gasteiger partial charge >= 0.3 is 12.3 Å². The van der Waals surface area contributed by atoms with Gasteiger partial charge in [0.1, 0.15) is 17.3 Å². The van der Waals surface area contributed by atoms with E-state index in [0.717, 1.165) is 13.1 Å². The molecule has 0 unspecified atom stereocenters. The van der Waals surface area contributed by atoms with E-state index in [9.17, 15) is 32.3 Å². The van der Waals surface area contributed by atoms with Gasteiger partial charge in [0.15, 0.2) is 5.69 Å². The van der Waals surface area contributed by atoms with E-state index in [2.05, 4.69) is 51.8 Å². The number of carbonyl (C=O) groups is 4. The molecule has 0 radical (unpaired) electrons. The zero-order valence-corrected chi connectivity index (χ0v) is 34.5. The lowest BCUT2D eigenvalue weighted by molar-refractivity contribution is -0.140. The number of aromatic amines is 1. The van der Waals surface area contributed by atoms with Crippen molar-refractivity contribution in [3.8, 4) is 22.5 Å². The summed E-state index contributed by atoms with van der Waals surface area (Å²) in [6.45, 7) is 12.1. The molecule has 18 heteroatoms. The number of hydrogen-bond acceptors (Lipinski definition) is 10. The molecule has 4 aromatic rings. The van der Waals surface area contributed by atoms with Gasteiger partial charge in [-0.1, -0.05) is 38.1 Å². The largest absolute Gasteiger partial charge is 0.444 e. The van der Waals surface area contributed by atoms with E-state index in [1.165, 1.54) is 24.3 Å². The average molecular weight is 835 g/mol. The number of ether oxygens (including phenoxy) is 1. The summed E-state index contributed by atoms with van der Waals surface area (Å²) in [7, 11) is 0. The lowest BCUT2D eigenvalue weighted by Gasteiger charge is -2.29. The SMILES string of the molecule is CCN(CC)CCNC(=O)c1ccc(-c2ccc(C[C@H](NC(=O)C3CCC(CNC(=O)OC(C)(C)C)CC3)C(=O)Nc3ccc(-c4nn[nH]n4)cc3)cc2)c(C(F)(F)F)n1. The third kappa shape index (κ3) is 13.0. The predicted octanol–water partition coefficient (Wildman–Crippen LogP) is 6.02. The molecule has 4 amide bonds. The molecule has 5 rings (SSSR count). The molecular formula is C42H53F3N10O5. The Morgan fingerprint density at radius 2 is 1.55 bits per heavy atom. The van der Waals surface area contributed by atoms with Crippen LogP contribution >= 0.6 is 0 Å². The lowest BCUT2D eigenvalue weighted by Crippen LogP contribution is -2.48. The minimum absolute atomic E-state index is 0.0327. The highest BCUT2D eigenvalue weighted by Gasteiger charge is 2.37. The van der Waals surface area contributed by atoms with Gasteiger partial charge in [-0.25, -0.2) is 9.78 Å². The second-order valence-corrected chi connectivity index (χ2v) is 15.7. The molecule has 1 saturated carbocycles. The number of H-pyrrole nitrogens is 1. The maximum atomic E-state index is 14.3. The second kappa shape index (κ2) is 20.4. The Labute approximate surface area is 347 Å². The van der Waals surface area contributed by atoms with Crippen LogP contribution < -0.4 is 21.3 Å². The molecule has 1 fully saturated rings. The van der Waals surface area contributed by atoms with Crippen LogP contribution in [0.4, 0.5) is 23.7 Å². The lowest BCUT2D eigenvalue weighted by atomic mass is 9.81. The number of aromatic nitrogens is 5. The summed E-state index contributed by atoms with van der Waals surface area (Å²) >= 11 is 0. The molecule has 322 valence electrons. The Hall–Kier alpha value is -5.91. The van der Waals surface area contributed by atoms with Crippen LogP contribution in [0.15, 0.2) is 60.7 Å². The third-order valence-electron chi connectivity index (χ3n) is 10.2. The van der Waals surface area contributed by atoms with Crippen molar-refractivity contribution in [3.05, 3.63) is 77.6 Å². The van der Waals surface area contributed by atoms with Gasteiger partial charge in [-0.15, -0.1) is 10.2 Å². The van der Waals surface area contributed by atoms with Crippen molar-refractivity contribution in [2.75, 3.05) is 38.0 Å². The standard InChI is InChI=1S/C42H53F3N10O5/c1-6-55(7-2)23-22-46-38(57)33-21-20-32(35(49-33)42(43,44)45)28-12-8-26(9-13-28)24-34(39(58)48-31-18-16-29(17-19-31)36-51-53-54-52-36)50-37(56)30-14-10-27(11-15-30)25-47-40(59)60-41(3,4)5/h8-9,12-13,16-21,27,30,34H,6-7,10-11,14-15,22-25H2,1-5H3,(H,46,57)(H,47,59)(H,48,58)(H,50,56)(H,51,52,53,54)/t27?,30?,34-/m0/s1. The normalized spacial score (nSPS) is 16.1. The van der Waals surface area contributed by atoms with Crippen LogP contribution in [0.2, 0.25) is 0 Å². The van der Waals surface area contributed by atoms with Crippen LogP contribution in [0.5, 0.6) is 0 Å². The van der Waals surface area contributed by atoms with Crippen LogP contribution in [-0.4, -0.2) is 98.7 Å². The van der Waals surface area contributed by atoms with Gasteiger partial charge in [0.2, 0.25) is 17.6 Å². The Morgan fingerprint density at radius 1 is 0.883 bits per heavy atom. The van der Waals surface area contributed by atoms with Crippen LogP contribution in [-0.2, 0) is 26.9 Å². The molecule has 2 heterocycles. The highest BCUT2D eigenvalue weighted by molar-refractivity contribution is 5.98. The molecular weight excluding hydrogens is 782 g/mol. The minimum atomic E-state index is -4.85. The van der Waals surface area contributed by atoms with Gasteiger partial charge in [0.25, 0.3) is 5.91 Å². The van der Waals surface area contributed by atoms with Crippen molar-refractivity contribution in [2.45, 2.75) is 84.5 Å². The monoisotopic (exact) mass is 834 g/mol. The quantitative estimate of drug-likeness (QED) is 0.0891. The second-order valence-electron chi connectivity index (χ2n) is 15.7. The number of amides is 4. The summed E-state index contributed by atoms with van der Waals surface area (Å²) in [5.74, 6) is -1.32. The summed E-state index contributed by atoms with van der Waals surface area (Å²) in [6.07, 6.45) is -2.82. The number of alkyl halides is 3. The van der Waals surface area contributed by atoms with Gasteiger partial charge in [0, 0.05) is 48.8 Å². The maximum absolute atomic E-state index is 14.3. The number of alkyl carbamates (subject to hydrolysis) is 1. The first-order valence-electron chi connectivity index (χ1n) is 20.1. The average Bonchev–Trinajstić information content (AvgIpc) is 3.76. The van der Waals surface area contributed by atoms with Crippen LogP contribution in [0.3, 0.4) is 0 Å². The van der Waals surface area contributed by atoms with E-state index in [0.29, 0.717) is 61.4 Å². The van der Waals surface area contributed by atoms with Crippen molar-refractivity contribution < 1.29 is 37.1 Å². The highest BCUT2D eigenvalue weighted by atomic mass is 19.4. The van der Waals surface area contributed by atoms with E-state index in [-0.39, 0.29) is 47.5 Å². The number of anilines is 1. The fraction of sp³-hybridized carbons (Fsp3) is 0.476. The minimum Gasteiger partial charge on any atom is -0.444 e. The van der Waals surface area contributed by atoms with Crippen molar-refractivity contribution >= 4 is 29.5 Å². The molecule has 1 atom stereocenters. The molecule has 0 spiro atoms.